The zero-order valence-corrected chi connectivity index (χ0v) is 19.0. The Hall–Kier alpha value is -2.50. The fourth-order valence-electron chi connectivity index (χ4n) is 4.88. The number of alkyl halides is 3. The van der Waals surface area contributed by atoms with E-state index in [0.717, 1.165) is 50.9 Å². The van der Waals surface area contributed by atoms with E-state index in [1.54, 1.807) is 7.11 Å². The predicted octanol–water partition coefficient (Wildman–Crippen LogP) is 2.43. The van der Waals surface area contributed by atoms with Crippen LogP contribution in [0.3, 0.4) is 0 Å². The molecule has 1 aromatic carbocycles. The predicted molar refractivity (Wildman–Crippen MR) is 120 cm³/mol. The number of amides is 1. The number of nitrogens with one attached hydrogen (secondary N) is 2. The lowest BCUT2D eigenvalue weighted by Crippen LogP contribution is -2.63. The lowest BCUT2D eigenvalue weighted by atomic mass is 9.81. The average molecular weight is 482 g/mol. The monoisotopic (exact) mass is 481 g/mol. The van der Waals surface area contributed by atoms with Crippen molar-refractivity contribution < 1.29 is 27.8 Å². The third-order valence-corrected chi connectivity index (χ3v) is 6.79. The Morgan fingerprint density at radius 1 is 1.24 bits per heavy atom. The molecular weight excluding hydrogens is 451 g/mol. The third-order valence-electron chi connectivity index (χ3n) is 6.79. The van der Waals surface area contributed by atoms with Crippen LogP contribution in [0.5, 0.6) is 0 Å². The summed E-state index contributed by atoms with van der Waals surface area (Å²) in [6, 6.07) is 3.77. The molecule has 0 radical (unpaired) electrons. The first-order valence-corrected chi connectivity index (χ1v) is 11.5. The second-order valence-electron chi connectivity index (χ2n) is 9.12. The van der Waals surface area contributed by atoms with Crippen LogP contribution in [0.15, 0.2) is 24.5 Å². The van der Waals surface area contributed by atoms with Crippen LogP contribution in [-0.2, 0) is 15.7 Å². The van der Waals surface area contributed by atoms with E-state index < -0.39 is 17.8 Å². The van der Waals surface area contributed by atoms with E-state index in [2.05, 4.69) is 25.5 Å². The van der Waals surface area contributed by atoms with Gasteiger partial charge in [-0.15, -0.1) is 0 Å². The van der Waals surface area contributed by atoms with Gasteiger partial charge in [-0.25, -0.2) is 9.97 Å². The number of rotatable bonds is 8. The SMILES string of the molecule is COCC(O)[C@H]1CC[C@@H](N2CC(NC(=O)CNc3ncnc4ccc(C(F)(F)F)cc34)C2)CC1. The Morgan fingerprint density at radius 2 is 1.97 bits per heavy atom. The van der Waals surface area contributed by atoms with Gasteiger partial charge in [-0.05, 0) is 49.8 Å². The van der Waals surface area contributed by atoms with Crippen molar-refractivity contribution in [3.8, 4) is 0 Å². The molecule has 1 saturated carbocycles. The Balaban J connectivity index is 1.23. The highest BCUT2D eigenvalue weighted by Crippen LogP contribution is 2.33. The molecule has 2 heterocycles. The number of carbonyl (C=O) groups is 1. The number of aromatic nitrogens is 2. The molecule has 1 unspecified atom stereocenters. The lowest BCUT2D eigenvalue weighted by Gasteiger charge is -2.47. The number of anilines is 1. The molecule has 0 bridgehead atoms. The number of hydrogen-bond donors (Lipinski definition) is 3. The zero-order chi connectivity index (χ0) is 24.3. The van der Waals surface area contributed by atoms with Gasteiger partial charge in [0, 0.05) is 31.6 Å². The molecule has 11 heteroatoms. The smallest absolute Gasteiger partial charge is 0.390 e. The summed E-state index contributed by atoms with van der Waals surface area (Å²) < 4.78 is 44.2. The Labute approximate surface area is 195 Å². The van der Waals surface area contributed by atoms with Crippen LogP contribution in [0.2, 0.25) is 0 Å². The molecule has 2 aliphatic rings. The minimum atomic E-state index is -4.47. The van der Waals surface area contributed by atoms with Crippen LogP contribution in [0, 0.1) is 5.92 Å². The van der Waals surface area contributed by atoms with E-state index in [0.29, 0.717) is 18.2 Å². The Morgan fingerprint density at radius 3 is 2.65 bits per heavy atom. The summed E-state index contributed by atoms with van der Waals surface area (Å²) in [6.45, 7) is 1.82. The number of nitrogens with zero attached hydrogens (tertiary/aromatic N) is 3. The Bertz CT molecular complexity index is 991. The van der Waals surface area contributed by atoms with Crippen LogP contribution in [-0.4, -0.2) is 77.4 Å². The minimum absolute atomic E-state index is 0.0464. The molecular formula is C23H30F3N5O3. The molecule has 186 valence electrons. The van der Waals surface area contributed by atoms with Gasteiger partial charge < -0.3 is 20.5 Å². The minimum Gasteiger partial charge on any atom is -0.390 e. The second-order valence-corrected chi connectivity index (χ2v) is 9.12. The van der Waals surface area contributed by atoms with Crippen molar-refractivity contribution in [3.63, 3.8) is 0 Å². The standard InChI is InChI=1S/C23H30F3N5O3/c1-34-12-20(32)14-2-5-17(6-3-14)31-10-16(11-31)30-21(33)9-27-22-18-8-15(23(24,25)26)4-7-19(18)28-13-29-22/h4,7-8,13-14,16-17,20,32H,2-3,5-6,9-12H2,1H3,(H,30,33)(H,27,28,29)/t14-,17+,20?. The van der Waals surface area contributed by atoms with Gasteiger partial charge >= 0.3 is 6.18 Å². The van der Waals surface area contributed by atoms with Gasteiger partial charge in [0.05, 0.1) is 36.4 Å². The summed E-state index contributed by atoms with van der Waals surface area (Å²) in [5, 5.41) is 16.1. The van der Waals surface area contributed by atoms with Gasteiger partial charge in [0.2, 0.25) is 5.91 Å². The number of carbonyl (C=O) groups excluding carboxylic acids is 1. The first-order valence-electron chi connectivity index (χ1n) is 11.5. The van der Waals surface area contributed by atoms with E-state index in [-0.39, 0.29) is 35.6 Å². The molecule has 1 aliphatic carbocycles. The molecule has 2 fully saturated rings. The number of aliphatic hydroxyl groups excluding tert-OH is 1. The third kappa shape index (κ3) is 5.76. The molecule has 1 atom stereocenters. The molecule has 34 heavy (non-hydrogen) atoms. The highest BCUT2D eigenvalue weighted by molar-refractivity contribution is 5.91. The maximum absolute atomic E-state index is 13.1. The van der Waals surface area contributed by atoms with Crippen LogP contribution >= 0.6 is 0 Å². The van der Waals surface area contributed by atoms with E-state index in [9.17, 15) is 23.1 Å². The first kappa shape index (κ1) is 24.6. The fourth-order valence-corrected chi connectivity index (χ4v) is 4.88. The van der Waals surface area contributed by atoms with Crippen molar-refractivity contribution in [2.45, 2.75) is 50.0 Å². The lowest BCUT2D eigenvalue weighted by molar-refractivity contribution is -0.137. The molecule has 1 aliphatic heterocycles. The van der Waals surface area contributed by atoms with Crippen molar-refractivity contribution in [3.05, 3.63) is 30.1 Å². The normalized spacial score (nSPS) is 22.9. The van der Waals surface area contributed by atoms with E-state index >= 15 is 0 Å². The summed E-state index contributed by atoms with van der Waals surface area (Å²) in [7, 11) is 1.60. The molecule has 2 aromatic rings. The van der Waals surface area contributed by atoms with Crippen molar-refractivity contribution in [2.24, 2.45) is 5.92 Å². The summed E-state index contributed by atoms with van der Waals surface area (Å²) in [6.07, 6.45) is 0.350. The Kier molecular flexibility index (Phi) is 7.54. The number of fused-ring (bicyclic) bond motifs is 1. The average Bonchev–Trinajstić information content (AvgIpc) is 2.79. The molecule has 1 amide bonds. The summed E-state index contributed by atoms with van der Waals surface area (Å²) in [5.41, 5.74) is -0.427. The number of methoxy groups -OCH3 is 1. The first-order chi connectivity index (χ1) is 16.2. The largest absolute Gasteiger partial charge is 0.416 e. The van der Waals surface area contributed by atoms with E-state index in [1.165, 1.54) is 12.4 Å². The molecule has 1 saturated heterocycles. The van der Waals surface area contributed by atoms with E-state index in [4.69, 9.17) is 4.74 Å². The van der Waals surface area contributed by atoms with Gasteiger partial charge in [-0.1, -0.05) is 0 Å². The van der Waals surface area contributed by atoms with Gasteiger partial charge in [-0.2, -0.15) is 13.2 Å². The molecule has 1 aromatic heterocycles. The van der Waals surface area contributed by atoms with Crippen LogP contribution in [0.25, 0.3) is 10.9 Å². The number of hydrogen-bond acceptors (Lipinski definition) is 7. The van der Waals surface area contributed by atoms with Crippen molar-refractivity contribution in [2.75, 3.05) is 38.7 Å². The second kappa shape index (κ2) is 10.4. The molecule has 3 N–H and O–H groups in total. The maximum Gasteiger partial charge on any atom is 0.416 e. The highest BCUT2D eigenvalue weighted by Gasteiger charge is 2.36. The molecule has 4 rings (SSSR count). The van der Waals surface area contributed by atoms with Crippen molar-refractivity contribution in [1.29, 1.82) is 0 Å². The van der Waals surface area contributed by atoms with Gasteiger partial charge in [-0.3, -0.25) is 9.69 Å². The number of benzene rings is 1. The van der Waals surface area contributed by atoms with Crippen molar-refractivity contribution in [1.82, 2.24) is 20.2 Å². The van der Waals surface area contributed by atoms with Crippen LogP contribution in [0.4, 0.5) is 19.0 Å². The van der Waals surface area contributed by atoms with E-state index in [1.807, 2.05) is 0 Å². The summed E-state index contributed by atoms with van der Waals surface area (Å²) in [5.74, 6) is 0.229. The number of aliphatic hydroxyl groups is 1. The number of likely N-dealkylation sites (tertiary alicyclic amines) is 1. The van der Waals surface area contributed by atoms with Crippen molar-refractivity contribution >= 4 is 22.6 Å². The van der Waals surface area contributed by atoms with Crippen LogP contribution < -0.4 is 10.6 Å². The number of ether oxygens (including phenoxy) is 1. The fraction of sp³-hybridized carbons (Fsp3) is 0.609. The van der Waals surface area contributed by atoms with Gasteiger partial charge in [0.1, 0.15) is 12.1 Å². The summed E-state index contributed by atoms with van der Waals surface area (Å²) >= 11 is 0. The zero-order valence-electron chi connectivity index (χ0n) is 19.0. The summed E-state index contributed by atoms with van der Waals surface area (Å²) in [4.78, 5) is 22.8. The maximum atomic E-state index is 13.1. The molecule has 8 nitrogen and oxygen atoms in total. The van der Waals surface area contributed by atoms with Gasteiger partial charge in [0.25, 0.3) is 0 Å². The topological polar surface area (TPSA) is 99.6 Å². The molecule has 0 spiro atoms. The van der Waals surface area contributed by atoms with Gasteiger partial charge in [0.15, 0.2) is 0 Å². The number of halogens is 3. The quantitative estimate of drug-likeness (QED) is 0.533. The van der Waals surface area contributed by atoms with Crippen LogP contribution in [0.1, 0.15) is 31.2 Å². The highest BCUT2D eigenvalue weighted by atomic mass is 19.4.